The van der Waals surface area contributed by atoms with E-state index >= 15 is 0 Å². The second-order valence-electron chi connectivity index (χ2n) is 8.54. The average Bonchev–Trinajstić information content (AvgIpc) is 2.99. The third-order valence-electron chi connectivity index (χ3n) is 6.51. The van der Waals surface area contributed by atoms with Crippen molar-refractivity contribution in [1.29, 1.82) is 0 Å². The summed E-state index contributed by atoms with van der Waals surface area (Å²) >= 11 is 0. The van der Waals surface area contributed by atoms with Crippen molar-refractivity contribution in [1.82, 2.24) is 0 Å². The van der Waals surface area contributed by atoms with E-state index in [0.717, 1.165) is 28.2 Å². The van der Waals surface area contributed by atoms with Crippen molar-refractivity contribution in [3.8, 4) is 5.75 Å². The number of hydrogen-bond acceptors (Lipinski definition) is 4. The maximum Gasteiger partial charge on any atom is 0.224 e. The number of nitrogens with zero attached hydrogens (tertiary/aromatic N) is 1. The molecule has 3 aromatic carbocycles. The van der Waals surface area contributed by atoms with Gasteiger partial charge in [0.05, 0.1) is 24.5 Å². The number of ketones is 1. The van der Waals surface area contributed by atoms with Gasteiger partial charge in [0.25, 0.3) is 0 Å². The first kappa shape index (κ1) is 21.0. The van der Waals surface area contributed by atoms with Crippen molar-refractivity contribution in [2.24, 2.45) is 0 Å². The molecule has 5 heteroatoms. The summed E-state index contributed by atoms with van der Waals surface area (Å²) in [7, 11) is 1.62. The fraction of sp³-hybridized carbons (Fsp3) is 0.214. The maximum absolute atomic E-state index is 13.8. The molecule has 2 atom stereocenters. The van der Waals surface area contributed by atoms with Crippen LogP contribution in [-0.4, -0.2) is 18.8 Å². The molecule has 0 saturated carbocycles. The van der Waals surface area contributed by atoms with Crippen LogP contribution in [0.1, 0.15) is 42.9 Å². The highest BCUT2D eigenvalue weighted by molar-refractivity contribution is 6.06. The number of fused-ring (bicyclic) bond motifs is 1. The third-order valence-corrected chi connectivity index (χ3v) is 6.51. The lowest BCUT2D eigenvalue weighted by Gasteiger charge is -2.34. The minimum absolute atomic E-state index is 0.0597. The summed E-state index contributed by atoms with van der Waals surface area (Å²) in [6, 6.07) is 25.0. The molecule has 1 aliphatic heterocycles. The van der Waals surface area contributed by atoms with Crippen molar-refractivity contribution in [3.05, 3.63) is 101 Å². The first-order valence-corrected chi connectivity index (χ1v) is 11.2. The first-order valence-electron chi connectivity index (χ1n) is 11.2. The van der Waals surface area contributed by atoms with Gasteiger partial charge in [0.1, 0.15) is 5.75 Å². The zero-order valence-corrected chi connectivity index (χ0v) is 18.7. The molecule has 0 saturated heterocycles. The number of hydrogen-bond donors (Lipinski definition) is 1. The monoisotopic (exact) mass is 438 g/mol. The van der Waals surface area contributed by atoms with E-state index in [2.05, 4.69) is 17.4 Å². The number of para-hydroxylation sites is 2. The van der Waals surface area contributed by atoms with Crippen LogP contribution in [0.3, 0.4) is 0 Å². The van der Waals surface area contributed by atoms with E-state index in [1.54, 1.807) is 18.9 Å². The standard InChI is InChI=1S/C28H26N2O3/c1-18(31)30-25-14-7-6-13-23(25)29-24-16-21(19-9-4-3-5-10-19)17-26(32)27(24)28(30)20-11-8-12-22(15-20)33-2/h3-15,21,28-29H,16-17H2,1-2H3/t21-,28-/m0/s1. The van der Waals surface area contributed by atoms with Crippen LogP contribution in [0.25, 0.3) is 0 Å². The molecule has 0 unspecified atom stereocenters. The van der Waals surface area contributed by atoms with E-state index in [9.17, 15) is 9.59 Å². The Morgan fingerprint density at radius 1 is 0.939 bits per heavy atom. The van der Waals surface area contributed by atoms with Gasteiger partial charge in [-0.05, 0) is 47.7 Å². The molecule has 0 aromatic heterocycles. The smallest absolute Gasteiger partial charge is 0.224 e. The van der Waals surface area contributed by atoms with Gasteiger partial charge in [0.2, 0.25) is 5.91 Å². The van der Waals surface area contributed by atoms with Crippen LogP contribution in [-0.2, 0) is 9.59 Å². The molecule has 3 aromatic rings. The van der Waals surface area contributed by atoms with Crippen LogP contribution in [0.5, 0.6) is 5.75 Å². The van der Waals surface area contributed by atoms with E-state index in [1.165, 1.54) is 0 Å². The molecule has 5 nitrogen and oxygen atoms in total. The Labute approximate surface area is 193 Å². The van der Waals surface area contributed by atoms with Crippen molar-refractivity contribution < 1.29 is 14.3 Å². The number of rotatable bonds is 3. The summed E-state index contributed by atoms with van der Waals surface area (Å²) in [5, 5.41) is 3.54. The lowest BCUT2D eigenvalue weighted by Crippen LogP contribution is -2.37. The van der Waals surface area contributed by atoms with Crippen molar-refractivity contribution in [2.45, 2.75) is 31.7 Å². The van der Waals surface area contributed by atoms with Gasteiger partial charge in [0, 0.05) is 24.6 Å². The summed E-state index contributed by atoms with van der Waals surface area (Å²) in [6.45, 7) is 1.55. The average molecular weight is 439 g/mol. The molecule has 0 radical (unpaired) electrons. The Morgan fingerprint density at radius 2 is 1.67 bits per heavy atom. The van der Waals surface area contributed by atoms with Gasteiger partial charge in [-0.15, -0.1) is 0 Å². The molecule has 1 aliphatic carbocycles. The number of nitrogens with one attached hydrogen (secondary N) is 1. The third kappa shape index (κ3) is 3.80. The van der Waals surface area contributed by atoms with Crippen LogP contribution in [0, 0.1) is 0 Å². The highest BCUT2D eigenvalue weighted by Crippen LogP contribution is 2.47. The molecule has 0 fully saturated rings. The highest BCUT2D eigenvalue weighted by atomic mass is 16.5. The summed E-state index contributed by atoms with van der Waals surface area (Å²) in [6.07, 6.45) is 1.11. The van der Waals surface area contributed by atoms with E-state index in [4.69, 9.17) is 4.74 Å². The fourth-order valence-corrected chi connectivity index (χ4v) is 5.03. The molecular weight excluding hydrogens is 412 g/mol. The minimum Gasteiger partial charge on any atom is -0.497 e. The van der Waals surface area contributed by atoms with Gasteiger partial charge < -0.3 is 10.1 Å². The summed E-state index contributed by atoms with van der Waals surface area (Å²) in [5.41, 5.74) is 5.12. The molecule has 0 bridgehead atoms. The van der Waals surface area contributed by atoms with E-state index in [-0.39, 0.29) is 17.6 Å². The number of Topliss-reactive ketones (excluding diaryl/α,β-unsaturated/α-hetero) is 1. The fourth-order valence-electron chi connectivity index (χ4n) is 5.03. The second-order valence-corrected chi connectivity index (χ2v) is 8.54. The Hall–Kier alpha value is -3.86. The number of benzene rings is 3. The van der Waals surface area contributed by atoms with Gasteiger partial charge in [-0.1, -0.05) is 54.6 Å². The van der Waals surface area contributed by atoms with Crippen LogP contribution >= 0.6 is 0 Å². The SMILES string of the molecule is COc1cccc([C@H]2C3=C(C[C@H](c4ccccc4)CC3=O)Nc3ccccc3N2C(C)=O)c1. The Bertz CT molecular complexity index is 1250. The quantitative estimate of drug-likeness (QED) is 0.577. The zero-order valence-electron chi connectivity index (χ0n) is 18.7. The predicted molar refractivity (Wildman–Crippen MR) is 129 cm³/mol. The number of allylic oxidation sites excluding steroid dienone is 1. The van der Waals surface area contributed by atoms with Gasteiger partial charge in [-0.2, -0.15) is 0 Å². The largest absolute Gasteiger partial charge is 0.497 e. The zero-order chi connectivity index (χ0) is 22.9. The Kier molecular flexibility index (Phi) is 5.47. The molecule has 33 heavy (non-hydrogen) atoms. The van der Waals surface area contributed by atoms with Gasteiger partial charge >= 0.3 is 0 Å². The molecule has 0 spiro atoms. The lowest BCUT2D eigenvalue weighted by atomic mass is 9.78. The van der Waals surface area contributed by atoms with Crippen molar-refractivity contribution in [3.63, 3.8) is 0 Å². The van der Waals surface area contributed by atoms with Crippen LogP contribution in [0.4, 0.5) is 11.4 Å². The number of carbonyl (C=O) groups excluding carboxylic acids is 2. The van der Waals surface area contributed by atoms with Crippen molar-refractivity contribution in [2.75, 3.05) is 17.3 Å². The normalized spacial score (nSPS) is 19.8. The number of amides is 1. The van der Waals surface area contributed by atoms with E-state index in [0.29, 0.717) is 24.2 Å². The number of carbonyl (C=O) groups is 2. The van der Waals surface area contributed by atoms with Crippen LogP contribution < -0.4 is 15.0 Å². The van der Waals surface area contributed by atoms with Gasteiger partial charge in [-0.3, -0.25) is 14.5 Å². The molecule has 2 aliphatic rings. The summed E-state index contributed by atoms with van der Waals surface area (Å²) in [5.74, 6) is 0.717. The highest BCUT2D eigenvalue weighted by Gasteiger charge is 2.40. The maximum atomic E-state index is 13.8. The van der Waals surface area contributed by atoms with E-state index in [1.807, 2.05) is 66.7 Å². The molecule has 1 N–H and O–H groups in total. The Balaban J connectivity index is 1.71. The number of ether oxygens (including phenoxy) is 1. The van der Waals surface area contributed by atoms with Crippen LogP contribution in [0.15, 0.2) is 90.1 Å². The summed E-state index contributed by atoms with van der Waals surface area (Å²) in [4.78, 5) is 28.5. The first-order chi connectivity index (χ1) is 16.1. The minimum atomic E-state index is -0.534. The number of methoxy groups -OCH3 is 1. The van der Waals surface area contributed by atoms with Crippen LogP contribution in [0.2, 0.25) is 0 Å². The topological polar surface area (TPSA) is 58.6 Å². The molecule has 1 amide bonds. The van der Waals surface area contributed by atoms with E-state index < -0.39 is 6.04 Å². The molecule has 1 heterocycles. The second kappa shape index (κ2) is 8.58. The van der Waals surface area contributed by atoms with Gasteiger partial charge in [0.15, 0.2) is 5.78 Å². The summed E-state index contributed by atoms with van der Waals surface area (Å²) < 4.78 is 5.46. The molecular formula is C28H26N2O3. The number of anilines is 2. The van der Waals surface area contributed by atoms with Crippen molar-refractivity contribution >= 4 is 23.1 Å². The lowest BCUT2D eigenvalue weighted by molar-refractivity contribution is -0.117. The molecule has 166 valence electrons. The van der Waals surface area contributed by atoms with Gasteiger partial charge in [-0.25, -0.2) is 0 Å². The predicted octanol–water partition coefficient (Wildman–Crippen LogP) is 5.62. The molecule has 5 rings (SSSR count). The Morgan fingerprint density at radius 3 is 2.42 bits per heavy atom.